The van der Waals surface area contributed by atoms with Crippen LogP contribution in [0, 0.1) is 0 Å². The fourth-order valence-electron chi connectivity index (χ4n) is 1.81. The first-order chi connectivity index (χ1) is 8.74. The van der Waals surface area contributed by atoms with Crippen LogP contribution in [0.1, 0.15) is 62.4 Å². The predicted octanol–water partition coefficient (Wildman–Crippen LogP) is 4.52. The molecule has 4 heteroatoms. The SMILES string of the molecule is CCCCCCCCCNC(=O)c1ccc(Br)o1. The molecule has 0 saturated heterocycles. The third-order valence-electron chi connectivity index (χ3n) is 2.86. The number of furan rings is 1. The van der Waals surface area contributed by atoms with Gasteiger partial charge in [-0.25, -0.2) is 0 Å². The van der Waals surface area contributed by atoms with Crippen molar-refractivity contribution in [3.8, 4) is 0 Å². The van der Waals surface area contributed by atoms with E-state index in [4.69, 9.17) is 4.42 Å². The maximum atomic E-state index is 11.6. The molecule has 1 rings (SSSR count). The fourth-order valence-corrected chi connectivity index (χ4v) is 2.11. The molecule has 0 radical (unpaired) electrons. The van der Waals surface area contributed by atoms with Crippen LogP contribution in [0.15, 0.2) is 21.2 Å². The number of carbonyl (C=O) groups excluding carboxylic acids is 1. The second-order valence-electron chi connectivity index (χ2n) is 4.48. The maximum absolute atomic E-state index is 11.6. The molecular weight excluding hydrogens is 294 g/mol. The van der Waals surface area contributed by atoms with E-state index in [9.17, 15) is 4.79 Å². The highest BCUT2D eigenvalue weighted by molar-refractivity contribution is 9.10. The summed E-state index contributed by atoms with van der Waals surface area (Å²) in [7, 11) is 0. The Morgan fingerprint density at radius 2 is 1.83 bits per heavy atom. The summed E-state index contributed by atoms with van der Waals surface area (Å²) in [6.07, 6.45) is 8.77. The van der Waals surface area contributed by atoms with Crippen molar-refractivity contribution in [2.24, 2.45) is 0 Å². The fraction of sp³-hybridized carbons (Fsp3) is 0.643. The van der Waals surface area contributed by atoms with Crippen LogP contribution in [-0.4, -0.2) is 12.5 Å². The van der Waals surface area contributed by atoms with Gasteiger partial charge in [0.05, 0.1) is 0 Å². The summed E-state index contributed by atoms with van der Waals surface area (Å²) in [5, 5.41) is 2.86. The van der Waals surface area contributed by atoms with Crippen molar-refractivity contribution in [1.82, 2.24) is 5.32 Å². The van der Waals surface area contributed by atoms with Gasteiger partial charge in [0.25, 0.3) is 5.91 Å². The van der Waals surface area contributed by atoms with Gasteiger partial charge in [-0.15, -0.1) is 0 Å². The van der Waals surface area contributed by atoms with Gasteiger partial charge in [-0.05, 0) is 34.5 Å². The Hall–Kier alpha value is -0.770. The van der Waals surface area contributed by atoms with Crippen LogP contribution in [0.4, 0.5) is 0 Å². The monoisotopic (exact) mass is 315 g/mol. The van der Waals surface area contributed by atoms with Crippen molar-refractivity contribution in [1.29, 1.82) is 0 Å². The lowest BCUT2D eigenvalue weighted by Gasteiger charge is -2.03. The van der Waals surface area contributed by atoms with Gasteiger partial charge >= 0.3 is 0 Å². The Bertz CT molecular complexity index is 349. The van der Waals surface area contributed by atoms with E-state index in [0.29, 0.717) is 10.4 Å². The van der Waals surface area contributed by atoms with E-state index in [1.807, 2.05) is 0 Å². The van der Waals surface area contributed by atoms with E-state index in [2.05, 4.69) is 28.2 Å². The van der Waals surface area contributed by atoms with Gasteiger partial charge in [0.15, 0.2) is 10.4 Å². The van der Waals surface area contributed by atoms with Gasteiger partial charge in [-0.1, -0.05) is 45.4 Å². The van der Waals surface area contributed by atoms with Crippen LogP contribution in [0.5, 0.6) is 0 Å². The number of rotatable bonds is 9. The standard InChI is InChI=1S/C14H22BrNO2/c1-2-3-4-5-6-7-8-11-16-14(17)12-9-10-13(15)18-12/h9-10H,2-8,11H2,1H3,(H,16,17). The molecule has 0 spiro atoms. The highest BCUT2D eigenvalue weighted by Gasteiger charge is 2.08. The topological polar surface area (TPSA) is 42.2 Å². The van der Waals surface area contributed by atoms with E-state index in [1.54, 1.807) is 12.1 Å². The summed E-state index contributed by atoms with van der Waals surface area (Å²) in [6, 6.07) is 3.40. The van der Waals surface area contributed by atoms with Gasteiger partial charge in [0.1, 0.15) is 0 Å². The van der Waals surface area contributed by atoms with Crippen molar-refractivity contribution in [3.05, 3.63) is 22.6 Å². The third kappa shape index (κ3) is 6.24. The van der Waals surface area contributed by atoms with Crippen molar-refractivity contribution in [2.45, 2.75) is 51.9 Å². The quantitative estimate of drug-likeness (QED) is 0.681. The first-order valence-electron chi connectivity index (χ1n) is 6.77. The van der Waals surface area contributed by atoms with Crippen LogP contribution in [0.3, 0.4) is 0 Å². The minimum absolute atomic E-state index is 0.133. The molecule has 0 saturated carbocycles. The molecule has 0 aliphatic carbocycles. The zero-order valence-corrected chi connectivity index (χ0v) is 12.6. The molecular formula is C14H22BrNO2. The first-order valence-corrected chi connectivity index (χ1v) is 7.57. The molecule has 0 aliphatic heterocycles. The molecule has 1 N–H and O–H groups in total. The largest absolute Gasteiger partial charge is 0.444 e. The smallest absolute Gasteiger partial charge is 0.287 e. The zero-order chi connectivity index (χ0) is 13.2. The minimum atomic E-state index is -0.133. The Balaban J connectivity index is 1.99. The number of nitrogens with one attached hydrogen (secondary N) is 1. The Kier molecular flexibility index (Phi) is 7.81. The van der Waals surface area contributed by atoms with Gasteiger partial charge in [-0.2, -0.15) is 0 Å². The molecule has 1 amide bonds. The summed E-state index contributed by atoms with van der Waals surface area (Å²) in [5.41, 5.74) is 0. The lowest BCUT2D eigenvalue weighted by atomic mass is 10.1. The number of carbonyl (C=O) groups is 1. The van der Waals surface area contributed by atoms with Gasteiger partial charge < -0.3 is 9.73 Å². The van der Waals surface area contributed by atoms with E-state index in [0.717, 1.165) is 13.0 Å². The molecule has 0 aliphatic rings. The van der Waals surface area contributed by atoms with Crippen LogP contribution in [0.2, 0.25) is 0 Å². The highest BCUT2D eigenvalue weighted by atomic mass is 79.9. The number of unbranched alkanes of at least 4 members (excludes halogenated alkanes) is 6. The molecule has 0 bridgehead atoms. The van der Waals surface area contributed by atoms with Gasteiger partial charge in [0.2, 0.25) is 0 Å². The van der Waals surface area contributed by atoms with Crippen LogP contribution >= 0.6 is 15.9 Å². The Labute approximate surface area is 117 Å². The Morgan fingerprint density at radius 3 is 2.44 bits per heavy atom. The van der Waals surface area contributed by atoms with E-state index < -0.39 is 0 Å². The summed E-state index contributed by atoms with van der Waals surface area (Å²) < 4.78 is 5.76. The van der Waals surface area contributed by atoms with E-state index >= 15 is 0 Å². The number of hydrogen-bond donors (Lipinski definition) is 1. The number of hydrogen-bond acceptors (Lipinski definition) is 2. The third-order valence-corrected chi connectivity index (χ3v) is 3.29. The Morgan fingerprint density at radius 1 is 1.17 bits per heavy atom. The summed E-state index contributed by atoms with van der Waals surface area (Å²) in [6.45, 7) is 2.95. The highest BCUT2D eigenvalue weighted by Crippen LogP contribution is 2.13. The molecule has 0 aromatic carbocycles. The molecule has 102 valence electrons. The summed E-state index contributed by atoms with van der Waals surface area (Å²) >= 11 is 3.18. The average molecular weight is 316 g/mol. The molecule has 0 atom stereocenters. The second-order valence-corrected chi connectivity index (χ2v) is 5.26. The van der Waals surface area contributed by atoms with Crippen molar-refractivity contribution < 1.29 is 9.21 Å². The summed E-state index contributed by atoms with van der Waals surface area (Å²) in [4.78, 5) is 11.6. The molecule has 0 fully saturated rings. The van der Waals surface area contributed by atoms with E-state index in [1.165, 1.54) is 38.5 Å². The average Bonchev–Trinajstić information content (AvgIpc) is 2.79. The lowest BCUT2D eigenvalue weighted by molar-refractivity contribution is 0.0924. The second kappa shape index (κ2) is 9.20. The molecule has 3 nitrogen and oxygen atoms in total. The molecule has 1 heterocycles. The zero-order valence-electron chi connectivity index (χ0n) is 11.0. The lowest BCUT2D eigenvalue weighted by Crippen LogP contribution is -2.23. The van der Waals surface area contributed by atoms with Crippen molar-refractivity contribution >= 4 is 21.8 Å². The van der Waals surface area contributed by atoms with Gasteiger partial charge in [-0.3, -0.25) is 4.79 Å². The molecule has 18 heavy (non-hydrogen) atoms. The van der Waals surface area contributed by atoms with Crippen LogP contribution in [-0.2, 0) is 0 Å². The number of amides is 1. The van der Waals surface area contributed by atoms with Crippen LogP contribution < -0.4 is 5.32 Å². The maximum Gasteiger partial charge on any atom is 0.287 e. The summed E-state index contributed by atoms with van der Waals surface area (Å²) in [5.74, 6) is 0.233. The minimum Gasteiger partial charge on any atom is -0.444 e. The molecule has 1 aromatic heterocycles. The van der Waals surface area contributed by atoms with E-state index in [-0.39, 0.29) is 5.91 Å². The number of halogens is 1. The molecule has 0 unspecified atom stereocenters. The van der Waals surface area contributed by atoms with Crippen molar-refractivity contribution in [2.75, 3.05) is 6.54 Å². The predicted molar refractivity (Wildman–Crippen MR) is 76.7 cm³/mol. The molecule has 1 aromatic rings. The van der Waals surface area contributed by atoms with Crippen LogP contribution in [0.25, 0.3) is 0 Å². The van der Waals surface area contributed by atoms with Crippen molar-refractivity contribution in [3.63, 3.8) is 0 Å². The first kappa shape index (κ1) is 15.3. The normalized spacial score (nSPS) is 10.6. The van der Waals surface area contributed by atoms with Gasteiger partial charge in [0, 0.05) is 6.54 Å².